The number of benzene rings is 1. The Bertz CT molecular complexity index is 651. The Morgan fingerprint density at radius 1 is 0.727 bits per heavy atom. The molecule has 4 heteroatoms. The Morgan fingerprint density at radius 2 is 1.09 bits per heavy atom. The molecule has 22 heavy (non-hydrogen) atoms. The van der Waals surface area contributed by atoms with Crippen LogP contribution in [0.3, 0.4) is 0 Å². The summed E-state index contributed by atoms with van der Waals surface area (Å²) in [6.07, 6.45) is 4.67. The van der Waals surface area contributed by atoms with Crippen molar-refractivity contribution < 1.29 is 0 Å². The van der Waals surface area contributed by atoms with E-state index in [0.717, 1.165) is 11.0 Å². The monoisotopic (exact) mass is 332 g/mol. The third-order valence-corrected chi connectivity index (χ3v) is 6.96. The average molecular weight is 333 g/mol. The number of fused-ring (bicyclic) bond motifs is 2. The average Bonchev–Trinajstić information content (AvgIpc) is 3.10. The Kier molecular flexibility index (Phi) is 4.79. The van der Waals surface area contributed by atoms with Crippen molar-refractivity contribution in [2.75, 3.05) is 0 Å². The summed E-state index contributed by atoms with van der Waals surface area (Å²) in [4.78, 5) is 9.79. The molecule has 1 aromatic carbocycles. The van der Waals surface area contributed by atoms with Gasteiger partial charge in [0.2, 0.25) is 0 Å². The first-order chi connectivity index (χ1) is 10.7. The molecule has 118 valence electrons. The Hall–Kier alpha value is -1.00. The van der Waals surface area contributed by atoms with Gasteiger partial charge in [-0.25, -0.2) is 9.97 Å². The maximum absolute atomic E-state index is 4.90. The zero-order valence-corrected chi connectivity index (χ0v) is 15.5. The topological polar surface area (TPSA) is 25.8 Å². The van der Waals surface area contributed by atoms with Crippen molar-refractivity contribution in [3.63, 3.8) is 0 Å². The van der Waals surface area contributed by atoms with E-state index < -0.39 is 0 Å². The number of aromatic nitrogens is 2. The van der Waals surface area contributed by atoms with Gasteiger partial charge in [-0.3, -0.25) is 0 Å². The first-order valence-corrected chi connectivity index (χ1v) is 10.0. The molecule has 0 aliphatic heterocycles. The van der Waals surface area contributed by atoms with Crippen molar-refractivity contribution >= 4 is 43.1 Å². The first kappa shape index (κ1) is 15.9. The maximum atomic E-state index is 4.90. The van der Waals surface area contributed by atoms with Crippen LogP contribution in [-0.4, -0.2) is 9.97 Å². The lowest BCUT2D eigenvalue weighted by Crippen LogP contribution is -1.93. The second-order valence-corrected chi connectivity index (χ2v) is 8.04. The van der Waals surface area contributed by atoms with Gasteiger partial charge in [-0.15, -0.1) is 22.7 Å². The van der Waals surface area contributed by atoms with Crippen molar-refractivity contribution in [2.24, 2.45) is 0 Å². The van der Waals surface area contributed by atoms with Gasteiger partial charge in [0.25, 0.3) is 0 Å². The quantitative estimate of drug-likeness (QED) is 0.501. The second-order valence-electron chi connectivity index (χ2n) is 5.92. The van der Waals surface area contributed by atoms with Gasteiger partial charge in [0, 0.05) is 11.8 Å². The molecule has 0 saturated heterocycles. The molecule has 0 atom stereocenters. The van der Waals surface area contributed by atoms with Crippen LogP contribution in [-0.2, 0) is 0 Å². The standard InChI is InChI=1S/C18H24N2S2/c1-5-11(6-2)17-19-13-9-16-14(10-15(13)21-17)20-18(22-16)12(7-3)8-4/h9-12H,5-8H2,1-4H3. The first-order valence-electron chi connectivity index (χ1n) is 8.40. The van der Waals surface area contributed by atoms with Crippen LogP contribution in [0.2, 0.25) is 0 Å². The molecule has 0 unspecified atom stereocenters. The molecule has 0 aliphatic rings. The normalized spacial score (nSPS) is 12.3. The van der Waals surface area contributed by atoms with E-state index in [1.807, 2.05) is 22.7 Å². The number of hydrogen-bond donors (Lipinski definition) is 0. The summed E-state index contributed by atoms with van der Waals surface area (Å²) in [5.41, 5.74) is 2.30. The molecule has 0 fully saturated rings. The molecule has 0 saturated carbocycles. The Labute approximate surface area is 140 Å². The minimum Gasteiger partial charge on any atom is -0.241 e. The van der Waals surface area contributed by atoms with E-state index in [0.29, 0.717) is 11.8 Å². The molecule has 2 heterocycles. The molecule has 3 aromatic rings. The number of hydrogen-bond acceptors (Lipinski definition) is 4. The Morgan fingerprint density at radius 3 is 1.41 bits per heavy atom. The summed E-state index contributed by atoms with van der Waals surface area (Å²) in [6, 6.07) is 4.49. The van der Waals surface area contributed by atoms with E-state index >= 15 is 0 Å². The number of nitrogens with zero attached hydrogens (tertiary/aromatic N) is 2. The van der Waals surface area contributed by atoms with Crippen LogP contribution in [0.4, 0.5) is 0 Å². The summed E-state index contributed by atoms with van der Waals surface area (Å²) in [6.45, 7) is 9.01. The molecule has 0 aliphatic carbocycles. The maximum Gasteiger partial charge on any atom is 0.0969 e. The van der Waals surface area contributed by atoms with Crippen LogP contribution in [0.25, 0.3) is 20.4 Å². The highest BCUT2D eigenvalue weighted by Crippen LogP contribution is 2.37. The van der Waals surface area contributed by atoms with E-state index in [9.17, 15) is 0 Å². The zero-order chi connectivity index (χ0) is 15.7. The zero-order valence-electron chi connectivity index (χ0n) is 13.8. The summed E-state index contributed by atoms with van der Waals surface area (Å²) >= 11 is 3.70. The molecule has 0 spiro atoms. The van der Waals surface area contributed by atoms with Crippen LogP contribution in [0.15, 0.2) is 12.1 Å². The summed E-state index contributed by atoms with van der Waals surface area (Å²) in [5.74, 6) is 1.20. The SMILES string of the molecule is CCC(CC)c1nc2cc3sc(C(CC)CC)nc3cc2s1. The van der Waals surface area contributed by atoms with E-state index in [2.05, 4.69) is 39.8 Å². The minimum absolute atomic E-state index is 0.600. The largest absolute Gasteiger partial charge is 0.241 e. The van der Waals surface area contributed by atoms with Gasteiger partial charge in [-0.1, -0.05) is 27.7 Å². The van der Waals surface area contributed by atoms with Crippen LogP contribution in [0, 0.1) is 0 Å². The summed E-state index contributed by atoms with van der Waals surface area (Å²) < 4.78 is 2.58. The Balaban J connectivity index is 2.05. The number of rotatable bonds is 6. The van der Waals surface area contributed by atoms with E-state index in [1.165, 1.54) is 45.1 Å². The van der Waals surface area contributed by atoms with Crippen molar-refractivity contribution in [3.8, 4) is 0 Å². The van der Waals surface area contributed by atoms with Crippen LogP contribution in [0.5, 0.6) is 0 Å². The second kappa shape index (κ2) is 6.63. The van der Waals surface area contributed by atoms with Crippen molar-refractivity contribution in [1.29, 1.82) is 0 Å². The lowest BCUT2D eigenvalue weighted by atomic mass is 10.1. The molecule has 2 nitrogen and oxygen atoms in total. The van der Waals surface area contributed by atoms with Crippen LogP contribution < -0.4 is 0 Å². The van der Waals surface area contributed by atoms with Gasteiger partial charge in [0.05, 0.1) is 30.4 Å². The smallest absolute Gasteiger partial charge is 0.0969 e. The van der Waals surface area contributed by atoms with Crippen molar-refractivity contribution in [3.05, 3.63) is 22.1 Å². The van der Waals surface area contributed by atoms with Gasteiger partial charge in [0.15, 0.2) is 0 Å². The highest BCUT2D eigenvalue weighted by atomic mass is 32.1. The van der Waals surface area contributed by atoms with E-state index in [1.54, 1.807) is 0 Å². The third-order valence-electron chi connectivity index (χ3n) is 4.60. The van der Waals surface area contributed by atoms with Crippen molar-refractivity contribution in [1.82, 2.24) is 9.97 Å². The van der Waals surface area contributed by atoms with E-state index in [4.69, 9.17) is 9.97 Å². The summed E-state index contributed by atoms with van der Waals surface area (Å²) in [7, 11) is 0. The van der Waals surface area contributed by atoms with Crippen LogP contribution in [0.1, 0.15) is 75.2 Å². The van der Waals surface area contributed by atoms with Crippen molar-refractivity contribution in [2.45, 2.75) is 65.2 Å². The molecule has 0 radical (unpaired) electrons. The van der Waals surface area contributed by atoms with Crippen LogP contribution >= 0.6 is 22.7 Å². The molecule has 2 aromatic heterocycles. The summed E-state index contributed by atoms with van der Waals surface area (Å²) in [5, 5.41) is 2.58. The number of thiazole rings is 2. The molecular formula is C18H24N2S2. The predicted octanol–water partition coefficient (Wildman–Crippen LogP) is 6.71. The fourth-order valence-corrected chi connectivity index (χ4v) is 5.51. The molecule has 0 amide bonds. The van der Waals surface area contributed by atoms with Gasteiger partial charge in [0.1, 0.15) is 0 Å². The lowest BCUT2D eigenvalue weighted by Gasteiger charge is -2.06. The minimum atomic E-state index is 0.600. The van der Waals surface area contributed by atoms with Gasteiger partial charge < -0.3 is 0 Å². The van der Waals surface area contributed by atoms with Gasteiger partial charge >= 0.3 is 0 Å². The lowest BCUT2D eigenvalue weighted by molar-refractivity contribution is 0.639. The molecular weight excluding hydrogens is 308 g/mol. The molecule has 3 rings (SSSR count). The highest BCUT2D eigenvalue weighted by molar-refractivity contribution is 7.20. The molecule has 0 bridgehead atoms. The van der Waals surface area contributed by atoms with E-state index in [-0.39, 0.29) is 0 Å². The third kappa shape index (κ3) is 2.79. The predicted molar refractivity (Wildman–Crippen MR) is 99.4 cm³/mol. The molecule has 0 N–H and O–H groups in total. The van der Waals surface area contributed by atoms with Gasteiger partial charge in [-0.05, 0) is 37.8 Å². The highest BCUT2D eigenvalue weighted by Gasteiger charge is 2.16. The fourth-order valence-electron chi connectivity index (χ4n) is 3.01. The van der Waals surface area contributed by atoms with Gasteiger partial charge in [-0.2, -0.15) is 0 Å². The fraction of sp³-hybridized carbons (Fsp3) is 0.556.